The Morgan fingerprint density at radius 1 is 1.11 bits per heavy atom. The molecule has 7 heteroatoms. The van der Waals surface area contributed by atoms with E-state index in [0.717, 1.165) is 0 Å². The fourth-order valence-electron chi connectivity index (χ4n) is 7.95. The summed E-state index contributed by atoms with van der Waals surface area (Å²) in [5.41, 5.74) is -0.483. The zero-order valence-electron chi connectivity index (χ0n) is 22.2. The summed E-state index contributed by atoms with van der Waals surface area (Å²) in [5, 5.41) is 12.1. The van der Waals surface area contributed by atoms with E-state index in [1.54, 1.807) is 13.0 Å². The molecule has 1 saturated carbocycles. The third-order valence-electron chi connectivity index (χ3n) is 10.1. The maximum absolute atomic E-state index is 13.8. The van der Waals surface area contributed by atoms with Crippen LogP contribution >= 0.6 is 0 Å². The number of esters is 2. The predicted octanol–water partition coefficient (Wildman–Crippen LogP) is 4.03. The molecule has 7 nitrogen and oxygen atoms in total. The number of fused-ring (bicyclic) bond motifs is 4. The van der Waals surface area contributed by atoms with E-state index in [9.17, 15) is 24.3 Å². The zero-order valence-corrected chi connectivity index (χ0v) is 22.2. The molecule has 2 saturated heterocycles. The van der Waals surface area contributed by atoms with E-state index in [4.69, 9.17) is 9.47 Å². The molecule has 2 heterocycles. The van der Waals surface area contributed by atoms with Crippen molar-refractivity contribution in [3.63, 3.8) is 0 Å². The average Bonchev–Trinajstić information content (AvgIpc) is 3.09. The smallest absolute Gasteiger partial charge is 0.334 e. The van der Waals surface area contributed by atoms with E-state index in [1.807, 2.05) is 6.92 Å². The number of hydrogen-bond donors (Lipinski definition) is 1. The van der Waals surface area contributed by atoms with Crippen molar-refractivity contribution < 1.29 is 33.8 Å². The fourth-order valence-corrected chi connectivity index (χ4v) is 7.95. The van der Waals surface area contributed by atoms with Gasteiger partial charge in [0.15, 0.2) is 5.78 Å². The summed E-state index contributed by atoms with van der Waals surface area (Å²) in [5.74, 6) is -1.80. The van der Waals surface area contributed by atoms with E-state index in [2.05, 4.69) is 19.6 Å². The third-order valence-corrected chi connectivity index (χ3v) is 10.1. The van der Waals surface area contributed by atoms with Gasteiger partial charge in [0.05, 0.1) is 5.60 Å². The summed E-state index contributed by atoms with van der Waals surface area (Å²) in [7, 11) is 0. The van der Waals surface area contributed by atoms with Gasteiger partial charge in [-0.05, 0) is 76.2 Å². The zero-order chi connectivity index (χ0) is 26.9. The SMILES string of the molecule is C=C1C(=O)O[C@@H]2C[C@H](C)[C@@]3(O)C=C(C(C)=O)[C@]4(C[C@@H]3C[C@H]12)C(=O)O[C@H]1C[C@@H](C)C(CCC(C)=O)=CC[C@H]14. The van der Waals surface area contributed by atoms with Gasteiger partial charge in [-0.1, -0.05) is 32.1 Å². The van der Waals surface area contributed by atoms with Gasteiger partial charge < -0.3 is 19.4 Å². The van der Waals surface area contributed by atoms with Crippen molar-refractivity contribution in [2.24, 2.45) is 35.0 Å². The molecule has 5 aliphatic rings. The molecule has 2 aliphatic heterocycles. The van der Waals surface area contributed by atoms with Crippen LogP contribution in [0.15, 0.2) is 35.5 Å². The van der Waals surface area contributed by atoms with Crippen LogP contribution in [-0.4, -0.2) is 46.4 Å². The second kappa shape index (κ2) is 9.04. The number of rotatable bonds is 4. The number of carbonyl (C=O) groups is 4. The van der Waals surface area contributed by atoms with Gasteiger partial charge in [0, 0.05) is 29.4 Å². The number of hydrogen-bond acceptors (Lipinski definition) is 7. The van der Waals surface area contributed by atoms with Gasteiger partial charge >= 0.3 is 11.9 Å². The first-order chi connectivity index (χ1) is 17.4. The molecule has 0 aromatic rings. The van der Waals surface area contributed by atoms with Crippen LogP contribution in [0.1, 0.15) is 72.6 Å². The van der Waals surface area contributed by atoms with Crippen LogP contribution in [0.5, 0.6) is 0 Å². The van der Waals surface area contributed by atoms with Gasteiger partial charge in [0.1, 0.15) is 23.4 Å². The van der Waals surface area contributed by atoms with E-state index in [1.165, 1.54) is 12.5 Å². The highest BCUT2D eigenvalue weighted by molar-refractivity contribution is 6.03. The summed E-state index contributed by atoms with van der Waals surface area (Å²) in [6, 6.07) is 0. The maximum atomic E-state index is 13.8. The maximum Gasteiger partial charge on any atom is 0.334 e. The van der Waals surface area contributed by atoms with Crippen molar-refractivity contribution in [2.45, 2.75) is 90.4 Å². The normalized spacial score (nSPS) is 42.9. The lowest BCUT2D eigenvalue weighted by atomic mass is 9.54. The van der Waals surface area contributed by atoms with E-state index in [0.29, 0.717) is 49.7 Å². The summed E-state index contributed by atoms with van der Waals surface area (Å²) >= 11 is 0. The number of ketones is 2. The van der Waals surface area contributed by atoms with Gasteiger partial charge in [-0.2, -0.15) is 0 Å². The lowest BCUT2D eigenvalue weighted by Gasteiger charge is -2.48. The van der Waals surface area contributed by atoms with Crippen LogP contribution in [0, 0.1) is 35.0 Å². The molecule has 1 N–H and O–H groups in total. The lowest BCUT2D eigenvalue weighted by molar-refractivity contribution is -0.151. The number of aliphatic hydroxyl groups is 1. The number of ether oxygens (including phenoxy) is 2. The molecule has 1 spiro atoms. The van der Waals surface area contributed by atoms with Crippen molar-refractivity contribution in [1.29, 1.82) is 0 Å². The topological polar surface area (TPSA) is 107 Å². The molecular weight excluding hydrogens is 472 g/mol. The predicted molar refractivity (Wildman–Crippen MR) is 135 cm³/mol. The Bertz CT molecular complexity index is 1130. The first kappa shape index (κ1) is 26.1. The Morgan fingerprint density at radius 3 is 2.51 bits per heavy atom. The van der Waals surface area contributed by atoms with E-state index >= 15 is 0 Å². The second-order valence-electron chi connectivity index (χ2n) is 12.2. The van der Waals surface area contributed by atoms with Crippen LogP contribution < -0.4 is 0 Å². The van der Waals surface area contributed by atoms with Crippen molar-refractivity contribution >= 4 is 23.5 Å². The molecule has 200 valence electrons. The molecule has 3 aliphatic carbocycles. The Hall–Kier alpha value is -2.54. The highest BCUT2D eigenvalue weighted by atomic mass is 16.6. The molecule has 5 rings (SSSR count). The number of carbonyl (C=O) groups excluding carboxylic acids is 4. The lowest BCUT2D eigenvalue weighted by Crippen LogP contribution is -2.53. The van der Waals surface area contributed by atoms with E-state index < -0.39 is 11.0 Å². The first-order valence-corrected chi connectivity index (χ1v) is 13.6. The number of Topliss-reactive ketones (excluding diaryl/α,β-unsaturated/α-hetero) is 2. The first-order valence-electron chi connectivity index (χ1n) is 13.6. The van der Waals surface area contributed by atoms with Gasteiger partial charge in [0.2, 0.25) is 0 Å². The molecule has 0 aromatic carbocycles. The van der Waals surface area contributed by atoms with Crippen molar-refractivity contribution in [2.75, 3.05) is 0 Å². The fraction of sp³-hybridized carbons (Fsp3) is 0.667. The van der Waals surface area contributed by atoms with Gasteiger partial charge in [-0.25, -0.2) is 4.79 Å². The minimum absolute atomic E-state index is 0.144. The Morgan fingerprint density at radius 2 is 1.84 bits per heavy atom. The minimum atomic E-state index is -1.30. The second-order valence-corrected chi connectivity index (χ2v) is 12.2. The van der Waals surface area contributed by atoms with Gasteiger partial charge in [-0.3, -0.25) is 9.59 Å². The van der Waals surface area contributed by atoms with Gasteiger partial charge in [0.25, 0.3) is 0 Å². The molecular formula is C30H38O7. The molecule has 3 fully saturated rings. The molecule has 0 radical (unpaired) electrons. The molecule has 0 aromatic heterocycles. The van der Waals surface area contributed by atoms with Gasteiger partial charge in [-0.15, -0.1) is 0 Å². The highest BCUT2D eigenvalue weighted by Gasteiger charge is 2.66. The Labute approximate surface area is 218 Å². The molecule has 0 amide bonds. The molecule has 0 unspecified atom stereocenters. The van der Waals surface area contributed by atoms with Crippen LogP contribution in [0.3, 0.4) is 0 Å². The van der Waals surface area contributed by atoms with Crippen LogP contribution in [0.25, 0.3) is 0 Å². The number of allylic oxidation sites excluding steroid dienone is 2. The minimum Gasteiger partial charge on any atom is -0.461 e. The van der Waals surface area contributed by atoms with Crippen LogP contribution in [-0.2, 0) is 28.7 Å². The van der Waals surface area contributed by atoms with Crippen molar-refractivity contribution in [1.82, 2.24) is 0 Å². The quantitative estimate of drug-likeness (QED) is 0.346. The van der Waals surface area contributed by atoms with Crippen LogP contribution in [0.2, 0.25) is 0 Å². The van der Waals surface area contributed by atoms with Crippen LogP contribution in [0.4, 0.5) is 0 Å². The third kappa shape index (κ3) is 3.96. The van der Waals surface area contributed by atoms with Crippen molar-refractivity contribution in [3.05, 3.63) is 35.5 Å². The summed E-state index contributed by atoms with van der Waals surface area (Å²) in [4.78, 5) is 50.8. The summed E-state index contributed by atoms with van der Waals surface area (Å²) < 4.78 is 11.6. The Balaban J connectivity index is 1.57. The van der Waals surface area contributed by atoms with Crippen molar-refractivity contribution in [3.8, 4) is 0 Å². The standard InChI is InChI=1S/C30H38O7/c1-15-10-26-23(9-8-20(15)7-6-17(3)31)29(28(34)37-26)13-21-12-22-18(4)27(33)36-25(22)11-16(2)30(21,35)14-24(29)19(5)32/h8,14-16,21-23,25-26,35H,4,6-7,9-13H2,1-3,5H3/t15-,16+,21+,22-,23-,25-,26+,29-,30+/m1/s1. The molecule has 9 atom stereocenters. The van der Waals surface area contributed by atoms with E-state index in [-0.39, 0.29) is 71.7 Å². The summed E-state index contributed by atoms with van der Waals surface area (Å²) in [6.45, 7) is 11.0. The average molecular weight is 511 g/mol. The summed E-state index contributed by atoms with van der Waals surface area (Å²) in [6.07, 6.45) is 6.70. The molecule has 0 bridgehead atoms. The highest BCUT2D eigenvalue weighted by Crippen LogP contribution is 2.61. The Kier molecular flexibility index (Phi) is 6.37. The molecule has 37 heavy (non-hydrogen) atoms. The largest absolute Gasteiger partial charge is 0.461 e. The monoisotopic (exact) mass is 510 g/mol.